The van der Waals surface area contributed by atoms with Crippen LogP contribution in [0.15, 0.2) is 164 Å². The molecule has 1 heterocycles. The molecule has 0 N–H and O–H groups in total. The molecule has 0 aliphatic rings. The lowest BCUT2D eigenvalue weighted by Crippen LogP contribution is -2.00. The van der Waals surface area contributed by atoms with Crippen LogP contribution in [0.2, 0.25) is 0 Å². The zero-order valence-corrected chi connectivity index (χ0v) is 24.9. The number of rotatable bonds is 4. The van der Waals surface area contributed by atoms with Crippen molar-refractivity contribution in [2.45, 2.75) is 0 Å². The van der Waals surface area contributed by atoms with Gasteiger partial charge >= 0.3 is 0 Å². The fraction of sp³-hybridized carbons (Fsp3) is 0. The fourth-order valence-electron chi connectivity index (χ4n) is 6.56. The predicted octanol–water partition coefficient (Wildman–Crippen LogP) is 11.2. The lowest BCUT2D eigenvalue weighted by molar-refractivity contribution is 1.07. The Labute approximate surface area is 266 Å². The number of hydrogen-bond acceptors (Lipinski definition) is 3. The highest BCUT2D eigenvalue weighted by atomic mass is 15.0. The smallest absolute Gasteiger partial charge is 0.164 e. The second-order valence-corrected chi connectivity index (χ2v) is 11.7. The van der Waals surface area contributed by atoms with Gasteiger partial charge in [-0.1, -0.05) is 158 Å². The maximum Gasteiger partial charge on any atom is 0.164 e. The van der Waals surface area contributed by atoms with E-state index in [1.807, 2.05) is 60.7 Å². The average molecular weight is 586 g/mol. The van der Waals surface area contributed by atoms with Gasteiger partial charge in [-0.2, -0.15) is 0 Å². The Balaban J connectivity index is 1.13. The Kier molecular flexibility index (Phi) is 6.14. The van der Waals surface area contributed by atoms with E-state index in [1.165, 1.54) is 48.7 Å². The molecular formula is C43H27N3. The molecule has 0 spiro atoms. The number of fused-ring (bicyclic) bond motifs is 7. The van der Waals surface area contributed by atoms with Crippen LogP contribution in [0.4, 0.5) is 0 Å². The summed E-state index contributed by atoms with van der Waals surface area (Å²) in [7, 11) is 0. The summed E-state index contributed by atoms with van der Waals surface area (Å²) in [5, 5.41) is 10.2. The molecule has 0 atom stereocenters. The van der Waals surface area contributed by atoms with Crippen LogP contribution < -0.4 is 0 Å². The Morgan fingerprint density at radius 2 is 0.630 bits per heavy atom. The minimum absolute atomic E-state index is 0.656. The van der Waals surface area contributed by atoms with Gasteiger partial charge in [-0.25, -0.2) is 15.0 Å². The topological polar surface area (TPSA) is 38.7 Å². The maximum atomic E-state index is 4.90. The van der Waals surface area contributed by atoms with Crippen LogP contribution in [-0.4, -0.2) is 15.0 Å². The highest BCUT2D eigenvalue weighted by molar-refractivity contribution is 6.22. The summed E-state index contributed by atoms with van der Waals surface area (Å²) < 4.78 is 0. The maximum absolute atomic E-state index is 4.90. The van der Waals surface area contributed by atoms with Crippen LogP contribution in [0.3, 0.4) is 0 Å². The van der Waals surface area contributed by atoms with Crippen molar-refractivity contribution in [3.63, 3.8) is 0 Å². The Morgan fingerprint density at radius 1 is 0.239 bits per heavy atom. The monoisotopic (exact) mass is 585 g/mol. The van der Waals surface area contributed by atoms with Crippen LogP contribution in [0.1, 0.15) is 0 Å². The standard InChI is InChI=1S/C43H27N3/c1-3-10-31(11-4-1)41-44-42(32-12-5-2-6-13-32)46-43(45-41)33-18-15-28(16-19-33)34-20-17-30-22-24-38-37-23-21-29-9-7-8-14-35(29)36(37)25-26-39(38)40(30)27-34/h1-27H. The number of aromatic nitrogens is 3. The number of benzene rings is 8. The molecule has 3 nitrogen and oxygen atoms in total. The highest BCUT2D eigenvalue weighted by Crippen LogP contribution is 2.36. The molecule has 0 saturated carbocycles. The molecule has 9 rings (SSSR count). The third-order valence-corrected chi connectivity index (χ3v) is 8.92. The lowest BCUT2D eigenvalue weighted by Gasteiger charge is -2.12. The Hall–Kier alpha value is -6.19. The van der Waals surface area contributed by atoms with Crippen LogP contribution in [-0.2, 0) is 0 Å². The molecule has 0 amide bonds. The summed E-state index contributed by atoms with van der Waals surface area (Å²) in [5.41, 5.74) is 5.20. The van der Waals surface area contributed by atoms with Crippen molar-refractivity contribution in [2.24, 2.45) is 0 Å². The molecule has 0 aliphatic carbocycles. The molecular weight excluding hydrogens is 558 g/mol. The van der Waals surface area contributed by atoms with E-state index in [0.29, 0.717) is 17.5 Å². The van der Waals surface area contributed by atoms with E-state index in [0.717, 1.165) is 22.3 Å². The quantitative estimate of drug-likeness (QED) is 0.193. The summed E-state index contributed by atoms with van der Waals surface area (Å²) in [6, 6.07) is 57.7. The minimum atomic E-state index is 0.656. The largest absolute Gasteiger partial charge is 0.208 e. The zero-order valence-electron chi connectivity index (χ0n) is 24.9. The van der Waals surface area contributed by atoms with E-state index in [1.54, 1.807) is 0 Å². The van der Waals surface area contributed by atoms with E-state index in [-0.39, 0.29) is 0 Å². The summed E-state index contributed by atoms with van der Waals surface area (Å²) in [5.74, 6) is 1.98. The third kappa shape index (κ3) is 4.49. The van der Waals surface area contributed by atoms with Gasteiger partial charge in [0.15, 0.2) is 17.5 Å². The van der Waals surface area contributed by atoms with Crippen molar-refractivity contribution in [1.82, 2.24) is 15.0 Å². The van der Waals surface area contributed by atoms with Crippen molar-refractivity contribution in [3.05, 3.63) is 164 Å². The molecule has 0 aliphatic heterocycles. The predicted molar refractivity (Wildman–Crippen MR) is 192 cm³/mol. The second kappa shape index (κ2) is 10.8. The molecule has 0 fully saturated rings. The van der Waals surface area contributed by atoms with Crippen molar-refractivity contribution >= 4 is 43.1 Å². The molecule has 9 aromatic rings. The molecule has 0 unspecified atom stereocenters. The first-order chi connectivity index (χ1) is 22.8. The second-order valence-electron chi connectivity index (χ2n) is 11.7. The average Bonchev–Trinajstić information content (AvgIpc) is 3.14. The number of hydrogen-bond donors (Lipinski definition) is 0. The molecule has 3 heteroatoms. The normalized spacial score (nSPS) is 11.5. The molecule has 8 aromatic carbocycles. The third-order valence-electron chi connectivity index (χ3n) is 8.92. The molecule has 46 heavy (non-hydrogen) atoms. The summed E-state index contributed by atoms with van der Waals surface area (Å²) >= 11 is 0. The van der Waals surface area contributed by atoms with E-state index < -0.39 is 0 Å². The van der Waals surface area contributed by atoms with Gasteiger partial charge in [0.1, 0.15) is 0 Å². The minimum Gasteiger partial charge on any atom is -0.208 e. The molecule has 0 bridgehead atoms. The van der Waals surface area contributed by atoms with Crippen LogP contribution in [0, 0.1) is 0 Å². The molecule has 214 valence electrons. The van der Waals surface area contributed by atoms with E-state index in [4.69, 9.17) is 15.0 Å². The van der Waals surface area contributed by atoms with Crippen molar-refractivity contribution in [1.29, 1.82) is 0 Å². The fourth-order valence-corrected chi connectivity index (χ4v) is 6.56. The van der Waals surface area contributed by atoms with Crippen LogP contribution >= 0.6 is 0 Å². The van der Waals surface area contributed by atoms with Gasteiger partial charge in [-0.3, -0.25) is 0 Å². The molecule has 0 saturated heterocycles. The Morgan fingerprint density at radius 3 is 1.24 bits per heavy atom. The first kappa shape index (κ1) is 26.2. The van der Waals surface area contributed by atoms with Crippen LogP contribution in [0.5, 0.6) is 0 Å². The van der Waals surface area contributed by atoms with Gasteiger partial charge in [-0.05, 0) is 60.3 Å². The molecule has 1 aromatic heterocycles. The molecule has 0 radical (unpaired) electrons. The Bertz CT molecular complexity index is 2500. The lowest BCUT2D eigenvalue weighted by atomic mass is 9.93. The zero-order chi connectivity index (χ0) is 30.5. The van der Waals surface area contributed by atoms with Crippen molar-refractivity contribution < 1.29 is 0 Å². The summed E-state index contributed by atoms with van der Waals surface area (Å²) in [6.45, 7) is 0. The van der Waals surface area contributed by atoms with Gasteiger partial charge in [0, 0.05) is 16.7 Å². The van der Waals surface area contributed by atoms with Crippen molar-refractivity contribution in [2.75, 3.05) is 0 Å². The number of nitrogens with zero attached hydrogens (tertiary/aromatic N) is 3. The van der Waals surface area contributed by atoms with E-state index >= 15 is 0 Å². The summed E-state index contributed by atoms with van der Waals surface area (Å²) in [6.07, 6.45) is 0. The van der Waals surface area contributed by atoms with Crippen molar-refractivity contribution in [3.8, 4) is 45.3 Å². The van der Waals surface area contributed by atoms with Gasteiger partial charge in [0.25, 0.3) is 0 Å². The SMILES string of the molecule is c1ccc(-c2nc(-c3ccccc3)nc(-c3ccc(-c4ccc5ccc6c(ccc7c8ccccc8ccc76)c5c4)cc3)n2)cc1. The van der Waals surface area contributed by atoms with Gasteiger partial charge in [0.2, 0.25) is 0 Å². The van der Waals surface area contributed by atoms with Gasteiger partial charge in [0.05, 0.1) is 0 Å². The van der Waals surface area contributed by atoms with E-state index in [9.17, 15) is 0 Å². The highest BCUT2D eigenvalue weighted by Gasteiger charge is 2.13. The van der Waals surface area contributed by atoms with Gasteiger partial charge in [-0.15, -0.1) is 0 Å². The first-order valence-electron chi connectivity index (χ1n) is 15.5. The van der Waals surface area contributed by atoms with Gasteiger partial charge < -0.3 is 0 Å². The summed E-state index contributed by atoms with van der Waals surface area (Å²) in [4.78, 5) is 14.6. The van der Waals surface area contributed by atoms with Crippen LogP contribution in [0.25, 0.3) is 88.4 Å². The first-order valence-corrected chi connectivity index (χ1v) is 15.5. The van der Waals surface area contributed by atoms with E-state index in [2.05, 4.69) is 103 Å².